The van der Waals surface area contributed by atoms with E-state index in [0.29, 0.717) is 12.8 Å². The second kappa shape index (κ2) is 7.26. The van der Waals surface area contributed by atoms with Crippen LogP contribution in [-0.2, 0) is 14.6 Å². The van der Waals surface area contributed by atoms with Crippen molar-refractivity contribution in [3.63, 3.8) is 0 Å². The van der Waals surface area contributed by atoms with Crippen LogP contribution < -0.4 is 4.90 Å². The van der Waals surface area contributed by atoms with Gasteiger partial charge in [-0.1, -0.05) is 25.6 Å². The van der Waals surface area contributed by atoms with Crippen molar-refractivity contribution in [3.05, 3.63) is 29.8 Å². The van der Waals surface area contributed by atoms with Crippen molar-refractivity contribution >= 4 is 38.4 Å². The molecule has 5 nitrogen and oxygen atoms in total. The Bertz CT molecular complexity index is 854. The third kappa shape index (κ3) is 3.64. The molecule has 2 fully saturated rings. The van der Waals surface area contributed by atoms with Crippen LogP contribution in [0.5, 0.6) is 0 Å². The molecule has 26 heavy (non-hydrogen) atoms. The summed E-state index contributed by atoms with van der Waals surface area (Å²) in [4.78, 5) is 18.1. The first-order chi connectivity index (χ1) is 12.3. The van der Waals surface area contributed by atoms with Gasteiger partial charge in [-0.05, 0) is 25.0 Å². The molecule has 0 aromatic heterocycles. The predicted octanol–water partition coefficient (Wildman–Crippen LogP) is 3.00. The Morgan fingerprint density at radius 1 is 1.31 bits per heavy atom. The number of thioether (sulfide) groups is 1. The van der Waals surface area contributed by atoms with Gasteiger partial charge in [-0.25, -0.2) is 17.2 Å². The van der Waals surface area contributed by atoms with Gasteiger partial charge in [0.1, 0.15) is 11.6 Å². The smallest absolute Gasteiger partial charge is 0.251 e. The summed E-state index contributed by atoms with van der Waals surface area (Å²) in [6.45, 7) is 3.79. The van der Waals surface area contributed by atoms with Crippen LogP contribution >= 0.6 is 11.8 Å². The van der Waals surface area contributed by atoms with Gasteiger partial charge in [0, 0.05) is 17.2 Å². The first-order valence-electron chi connectivity index (χ1n) is 8.49. The maximum Gasteiger partial charge on any atom is 0.251 e. The van der Waals surface area contributed by atoms with Crippen molar-refractivity contribution < 1.29 is 22.0 Å². The molecule has 2 atom stereocenters. The number of halogens is 2. The minimum absolute atomic E-state index is 0.0413. The quantitative estimate of drug-likeness (QED) is 0.775. The first kappa shape index (κ1) is 19.3. The molecule has 0 spiro atoms. The Kier molecular flexibility index (Phi) is 5.39. The van der Waals surface area contributed by atoms with Gasteiger partial charge in [0.2, 0.25) is 0 Å². The van der Waals surface area contributed by atoms with E-state index in [1.807, 2.05) is 13.8 Å². The molecule has 1 aromatic rings. The van der Waals surface area contributed by atoms with Gasteiger partial charge in [0.15, 0.2) is 15.0 Å². The van der Waals surface area contributed by atoms with Crippen LogP contribution in [0, 0.1) is 17.6 Å². The van der Waals surface area contributed by atoms with E-state index in [1.54, 1.807) is 0 Å². The average Bonchev–Trinajstić information content (AvgIpc) is 3.00. The Labute approximate surface area is 155 Å². The Morgan fingerprint density at radius 2 is 2.00 bits per heavy atom. The normalized spacial score (nSPS) is 25.9. The maximum absolute atomic E-state index is 14.4. The lowest BCUT2D eigenvalue weighted by Crippen LogP contribution is -2.38. The number of rotatable bonds is 4. The zero-order valence-corrected chi connectivity index (χ0v) is 16.1. The number of amidine groups is 1. The molecular formula is C17H20F2N2O3S2. The molecule has 2 aliphatic heterocycles. The summed E-state index contributed by atoms with van der Waals surface area (Å²) in [5.74, 6) is -2.24. The van der Waals surface area contributed by atoms with Crippen molar-refractivity contribution in [3.8, 4) is 0 Å². The van der Waals surface area contributed by atoms with Crippen LogP contribution in [0.4, 0.5) is 14.5 Å². The van der Waals surface area contributed by atoms with Gasteiger partial charge in [0.25, 0.3) is 5.91 Å². The number of amides is 1. The Morgan fingerprint density at radius 3 is 2.62 bits per heavy atom. The van der Waals surface area contributed by atoms with Crippen LogP contribution in [-0.4, -0.2) is 42.3 Å². The summed E-state index contributed by atoms with van der Waals surface area (Å²) in [7, 11) is -3.24. The second-order valence-corrected chi connectivity index (χ2v) is 9.87. The lowest BCUT2D eigenvalue weighted by molar-refractivity contribution is -0.121. The van der Waals surface area contributed by atoms with Crippen molar-refractivity contribution in [2.75, 3.05) is 16.4 Å². The zero-order chi connectivity index (χ0) is 19.1. The summed E-state index contributed by atoms with van der Waals surface area (Å²) < 4.78 is 51.6. The molecule has 2 heterocycles. The lowest BCUT2D eigenvalue weighted by atomic mass is 10.0. The minimum atomic E-state index is -3.24. The number of carbonyl (C=O) groups excluding carboxylic acids is 1. The molecule has 0 saturated carbocycles. The summed E-state index contributed by atoms with van der Waals surface area (Å²) in [6.07, 6.45) is 1.28. The fraction of sp³-hybridized carbons (Fsp3) is 0.529. The standard InChI is InChI=1S/C17H20F2N2O3S2/c1-3-10(4-2)16(22)20-17-21(13-6-5-11(18)7-12(13)19)14-8-26(23,24)9-15(14)25-17/h5-7,10,14-15H,3-4,8-9H2,1-2H3/t14-,15+/m1/s1. The van der Waals surface area contributed by atoms with Crippen molar-refractivity contribution in [2.45, 2.75) is 38.0 Å². The molecule has 0 unspecified atom stereocenters. The maximum atomic E-state index is 14.4. The second-order valence-electron chi connectivity index (χ2n) is 6.51. The summed E-state index contributed by atoms with van der Waals surface area (Å²) in [6, 6.07) is 2.60. The van der Waals surface area contributed by atoms with Crippen LogP contribution in [0.2, 0.25) is 0 Å². The van der Waals surface area contributed by atoms with Gasteiger partial charge >= 0.3 is 0 Å². The molecule has 142 valence electrons. The van der Waals surface area contributed by atoms with E-state index in [0.717, 1.165) is 12.1 Å². The van der Waals surface area contributed by atoms with Crippen LogP contribution in [0.15, 0.2) is 23.2 Å². The molecule has 9 heteroatoms. The van der Waals surface area contributed by atoms with Crippen LogP contribution in [0.25, 0.3) is 0 Å². The topological polar surface area (TPSA) is 66.8 Å². The monoisotopic (exact) mass is 402 g/mol. The van der Waals surface area contributed by atoms with E-state index in [1.165, 1.54) is 22.7 Å². The number of anilines is 1. The number of sulfone groups is 1. The first-order valence-corrected chi connectivity index (χ1v) is 11.2. The van der Waals surface area contributed by atoms with E-state index in [-0.39, 0.29) is 39.4 Å². The molecular weight excluding hydrogens is 382 g/mol. The highest BCUT2D eigenvalue weighted by Gasteiger charge is 2.50. The van der Waals surface area contributed by atoms with Gasteiger partial charge in [-0.15, -0.1) is 0 Å². The lowest BCUT2D eigenvalue weighted by Gasteiger charge is -2.25. The molecule has 0 N–H and O–H groups in total. The van der Waals surface area contributed by atoms with Crippen molar-refractivity contribution in [1.29, 1.82) is 0 Å². The number of carbonyl (C=O) groups is 1. The highest BCUT2D eigenvalue weighted by atomic mass is 32.2. The number of hydrogen-bond donors (Lipinski definition) is 0. The molecule has 2 saturated heterocycles. The van der Waals surface area contributed by atoms with E-state index in [9.17, 15) is 22.0 Å². The van der Waals surface area contributed by atoms with Gasteiger partial charge < -0.3 is 4.90 Å². The largest absolute Gasteiger partial charge is 0.313 e. The third-order valence-corrected chi connectivity index (χ3v) is 7.99. The van der Waals surface area contributed by atoms with E-state index >= 15 is 0 Å². The van der Waals surface area contributed by atoms with Crippen LogP contribution in [0.3, 0.4) is 0 Å². The van der Waals surface area contributed by atoms with Crippen molar-refractivity contribution in [2.24, 2.45) is 10.9 Å². The number of fused-ring (bicyclic) bond motifs is 1. The number of hydrogen-bond acceptors (Lipinski definition) is 4. The third-order valence-electron chi connectivity index (χ3n) is 4.78. The molecule has 1 amide bonds. The Balaban J connectivity index is 2.02. The summed E-state index contributed by atoms with van der Waals surface area (Å²) >= 11 is 1.18. The summed E-state index contributed by atoms with van der Waals surface area (Å²) in [5.41, 5.74) is 0.0413. The van der Waals surface area contributed by atoms with Crippen LogP contribution in [0.1, 0.15) is 26.7 Å². The van der Waals surface area contributed by atoms with Crippen molar-refractivity contribution in [1.82, 2.24) is 0 Å². The SMILES string of the molecule is CCC(CC)C(=O)N=C1S[C@H]2CS(=O)(=O)C[C@H]2N1c1ccc(F)cc1F. The highest BCUT2D eigenvalue weighted by molar-refractivity contribution is 8.16. The number of nitrogens with zero attached hydrogens (tertiary/aromatic N) is 2. The molecule has 1 aromatic carbocycles. The summed E-state index contributed by atoms with van der Waals surface area (Å²) in [5, 5.41) is -0.0324. The average molecular weight is 402 g/mol. The number of aliphatic imine (C=N–C) groups is 1. The fourth-order valence-electron chi connectivity index (χ4n) is 3.35. The van der Waals surface area contributed by atoms with E-state index < -0.39 is 27.5 Å². The molecule has 2 aliphatic rings. The van der Waals surface area contributed by atoms with E-state index in [2.05, 4.69) is 4.99 Å². The highest BCUT2D eigenvalue weighted by Crippen LogP contribution is 2.42. The van der Waals surface area contributed by atoms with Gasteiger partial charge in [-0.2, -0.15) is 4.99 Å². The van der Waals surface area contributed by atoms with Gasteiger partial charge in [-0.3, -0.25) is 4.79 Å². The molecule has 0 radical (unpaired) electrons. The molecule has 3 rings (SSSR count). The predicted molar refractivity (Wildman–Crippen MR) is 99.2 cm³/mol. The zero-order valence-electron chi connectivity index (χ0n) is 14.5. The fourth-order valence-corrected chi connectivity index (χ4v) is 7.26. The molecule has 0 bridgehead atoms. The Hall–Kier alpha value is -1.48. The van der Waals surface area contributed by atoms with Gasteiger partial charge in [0.05, 0.1) is 23.2 Å². The minimum Gasteiger partial charge on any atom is -0.313 e. The number of benzene rings is 1. The van der Waals surface area contributed by atoms with E-state index in [4.69, 9.17) is 0 Å². The molecule has 0 aliphatic carbocycles.